The first-order valence-electron chi connectivity index (χ1n) is 8.27. The van der Waals surface area contributed by atoms with Crippen molar-refractivity contribution in [3.63, 3.8) is 0 Å². The monoisotopic (exact) mass is 331 g/mol. The molecular weight excluding hydrogens is 310 g/mol. The number of benzene rings is 1. The summed E-state index contributed by atoms with van der Waals surface area (Å²) in [6.45, 7) is 3.04. The van der Waals surface area contributed by atoms with Crippen LogP contribution in [0.3, 0.4) is 0 Å². The number of aryl methyl sites for hydroxylation is 1. The molecule has 1 aliphatic rings. The first-order chi connectivity index (χ1) is 11.1. The molecular formula is C19H22ClNO2. The lowest BCUT2D eigenvalue weighted by Crippen LogP contribution is -2.42. The van der Waals surface area contributed by atoms with Crippen molar-refractivity contribution in [3.05, 3.63) is 47.2 Å². The van der Waals surface area contributed by atoms with Gasteiger partial charge in [0, 0.05) is 36.0 Å². The van der Waals surface area contributed by atoms with Crippen LogP contribution in [0, 0.1) is 0 Å². The molecule has 4 heteroatoms. The van der Waals surface area contributed by atoms with Crippen LogP contribution in [-0.2, 0) is 11.2 Å². The first kappa shape index (κ1) is 16.1. The van der Waals surface area contributed by atoms with Crippen LogP contribution in [0.25, 0.3) is 11.3 Å². The fourth-order valence-corrected chi connectivity index (χ4v) is 3.25. The highest BCUT2D eigenvalue weighted by Crippen LogP contribution is 2.25. The van der Waals surface area contributed by atoms with Gasteiger partial charge in [-0.15, -0.1) is 0 Å². The number of hydrogen-bond donors (Lipinski definition) is 0. The largest absolute Gasteiger partial charge is 0.461 e. The summed E-state index contributed by atoms with van der Waals surface area (Å²) in [4.78, 5) is 14.4. The van der Waals surface area contributed by atoms with E-state index in [0.29, 0.717) is 23.9 Å². The van der Waals surface area contributed by atoms with Crippen molar-refractivity contribution >= 4 is 17.5 Å². The molecule has 1 saturated heterocycles. The van der Waals surface area contributed by atoms with E-state index < -0.39 is 0 Å². The van der Waals surface area contributed by atoms with Gasteiger partial charge in [-0.1, -0.05) is 11.6 Å². The summed E-state index contributed by atoms with van der Waals surface area (Å²) in [6, 6.07) is 11.8. The lowest BCUT2D eigenvalue weighted by atomic mass is 10.0. The standard InChI is InChI=1S/C19H22ClNO2/c1-14-4-2-3-13-21(14)19(22)12-10-17-9-11-18(23-17)15-5-7-16(20)8-6-15/h5-9,11,14H,2-4,10,12-13H2,1H3/t14-/m0/s1. The van der Waals surface area contributed by atoms with Crippen molar-refractivity contribution in [1.82, 2.24) is 4.90 Å². The van der Waals surface area contributed by atoms with Gasteiger partial charge in [0.1, 0.15) is 11.5 Å². The van der Waals surface area contributed by atoms with E-state index in [1.807, 2.05) is 41.3 Å². The molecule has 2 aromatic rings. The van der Waals surface area contributed by atoms with Crippen molar-refractivity contribution < 1.29 is 9.21 Å². The van der Waals surface area contributed by atoms with Crippen molar-refractivity contribution in [2.24, 2.45) is 0 Å². The molecule has 0 radical (unpaired) electrons. The molecule has 1 amide bonds. The van der Waals surface area contributed by atoms with Gasteiger partial charge in [-0.25, -0.2) is 0 Å². The van der Waals surface area contributed by atoms with Crippen LogP contribution in [0.1, 0.15) is 38.4 Å². The fourth-order valence-electron chi connectivity index (χ4n) is 3.12. The van der Waals surface area contributed by atoms with Crippen LogP contribution in [-0.4, -0.2) is 23.4 Å². The number of amides is 1. The van der Waals surface area contributed by atoms with Gasteiger partial charge in [0.2, 0.25) is 5.91 Å². The minimum atomic E-state index is 0.238. The number of carbonyl (C=O) groups is 1. The number of furan rings is 1. The van der Waals surface area contributed by atoms with Gasteiger partial charge < -0.3 is 9.32 Å². The zero-order valence-electron chi connectivity index (χ0n) is 13.4. The van der Waals surface area contributed by atoms with E-state index >= 15 is 0 Å². The Hall–Kier alpha value is -1.74. The average Bonchev–Trinajstić information content (AvgIpc) is 3.03. The lowest BCUT2D eigenvalue weighted by Gasteiger charge is -2.33. The third kappa shape index (κ3) is 3.97. The van der Waals surface area contributed by atoms with Crippen LogP contribution >= 0.6 is 11.6 Å². The smallest absolute Gasteiger partial charge is 0.223 e. The van der Waals surface area contributed by atoms with Gasteiger partial charge in [0.25, 0.3) is 0 Å². The maximum Gasteiger partial charge on any atom is 0.223 e. The second kappa shape index (κ2) is 7.22. The minimum absolute atomic E-state index is 0.238. The van der Waals surface area contributed by atoms with E-state index in [-0.39, 0.29) is 5.91 Å². The van der Waals surface area contributed by atoms with E-state index in [4.69, 9.17) is 16.0 Å². The number of piperidine rings is 1. The van der Waals surface area contributed by atoms with E-state index in [0.717, 1.165) is 36.5 Å². The van der Waals surface area contributed by atoms with Gasteiger partial charge >= 0.3 is 0 Å². The van der Waals surface area contributed by atoms with Crippen molar-refractivity contribution in [1.29, 1.82) is 0 Å². The van der Waals surface area contributed by atoms with Crippen LogP contribution in [0.15, 0.2) is 40.8 Å². The molecule has 0 N–H and O–H groups in total. The summed E-state index contributed by atoms with van der Waals surface area (Å²) in [6.07, 6.45) is 4.63. The van der Waals surface area contributed by atoms with Crippen LogP contribution in [0.5, 0.6) is 0 Å². The molecule has 1 aromatic heterocycles. The number of hydrogen-bond acceptors (Lipinski definition) is 2. The highest BCUT2D eigenvalue weighted by Gasteiger charge is 2.22. The maximum atomic E-state index is 12.4. The molecule has 1 aromatic carbocycles. The second-order valence-corrected chi connectivity index (χ2v) is 6.64. The molecule has 3 rings (SSSR count). The van der Waals surface area contributed by atoms with Crippen LogP contribution in [0.4, 0.5) is 0 Å². The molecule has 0 aliphatic carbocycles. The summed E-state index contributed by atoms with van der Waals surface area (Å²) < 4.78 is 5.86. The topological polar surface area (TPSA) is 33.5 Å². The third-order valence-corrected chi connectivity index (χ3v) is 4.75. The number of halogens is 1. The Morgan fingerprint density at radius 1 is 1.22 bits per heavy atom. The van der Waals surface area contributed by atoms with E-state index in [9.17, 15) is 4.79 Å². The zero-order valence-corrected chi connectivity index (χ0v) is 14.2. The fraction of sp³-hybridized carbons (Fsp3) is 0.421. The minimum Gasteiger partial charge on any atom is -0.461 e. The van der Waals surface area contributed by atoms with Gasteiger partial charge in [0.15, 0.2) is 0 Å². The summed E-state index contributed by atoms with van der Waals surface area (Å²) in [7, 11) is 0. The molecule has 0 unspecified atom stereocenters. The number of rotatable bonds is 4. The van der Waals surface area contributed by atoms with Crippen molar-refractivity contribution in [3.8, 4) is 11.3 Å². The Morgan fingerprint density at radius 2 is 2.00 bits per heavy atom. The Labute approximate surface area is 142 Å². The number of carbonyl (C=O) groups excluding carboxylic acids is 1. The van der Waals surface area contributed by atoms with Gasteiger partial charge in [-0.2, -0.15) is 0 Å². The Morgan fingerprint density at radius 3 is 2.74 bits per heavy atom. The maximum absolute atomic E-state index is 12.4. The van der Waals surface area contributed by atoms with E-state index in [2.05, 4.69) is 6.92 Å². The first-order valence-corrected chi connectivity index (χ1v) is 8.65. The molecule has 1 fully saturated rings. The molecule has 3 nitrogen and oxygen atoms in total. The second-order valence-electron chi connectivity index (χ2n) is 6.20. The number of nitrogens with zero attached hydrogens (tertiary/aromatic N) is 1. The molecule has 122 valence electrons. The Bertz CT molecular complexity index is 662. The summed E-state index contributed by atoms with van der Waals surface area (Å²) in [5, 5.41) is 0.710. The normalized spacial score (nSPS) is 18.2. The Balaban J connectivity index is 1.58. The molecule has 0 spiro atoms. The Kier molecular flexibility index (Phi) is 5.06. The molecule has 0 saturated carbocycles. The molecule has 1 atom stereocenters. The summed E-state index contributed by atoms with van der Waals surface area (Å²) in [5.41, 5.74) is 0.997. The molecule has 23 heavy (non-hydrogen) atoms. The highest BCUT2D eigenvalue weighted by atomic mass is 35.5. The highest BCUT2D eigenvalue weighted by molar-refractivity contribution is 6.30. The van der Waals surface area contributed by atoms with Crippen LogP contribution < -0.4 is 0 Å². The predicted octanol–water partition coefficient (Wildman–Crippen LogP) is 4.93. The predicted molar refractivity (Wildman–Crippen MR) is 92.5 cm³/mol. The van der Waals surface area contributed by atoms with Gasteiger partial charge in [0.05, 0.1) is 0 Å². The SMILES string of the molecule is C[C@H]1CCCCN1C(=O)CCc1ccc(-c2ccc(Cl)cc2)o1. The number of likely N-dealkylation sites (tertiary alicyclic amines) is 1. The quantitative estimate of drug-likeness (QED) is 0.795. The van der Waals surface area contributed by atoms with E-state index in [1.54, 1.807) is 0 Å². The average molecular weight is 332 g/mol. The van der Waals surface area contributed by atoms with Gasteiger partial charge in [-0.05, 0) is 62.6 Å². The molecule has 2 heterocycles. The molecule has 0 bridgehead atoms. The van der Waals surface area contributed by atoms with Crippen molar-refractivity contribution in [2.45, 2.75) is 45.1 Å². The van der Waals surface area contributed by atoms with Crippen molar-refractivity contribution in [2.75, 3.05) is 6.54 Å². The lowest BCUT2D eigenvalue weighted by molar-refractivity contribution is -0.134. The van der Waals surface area contributed by atoms with Crippen LogP contribution in [0.2, 0.25) is 5.02 Å². The summed E-state index contributed by atoms with van der Waals surface area (Å²) >= 11 is 5.90. The zero-order chi connectivity index (χ0) is 16.2. The van der Waals surface area contributed by atoms with E-state index in [1.165, 1.54) is 6.42 Å². The molecule has 1 aliphatic heterocycles. The third-order valence-electron chi connectivity index (χ3n) is 4.50. The van der Waals surface area contributed by atoms with Gasteiger partial charge in [-0.3, -0.25) is 4.79 Å². The summed E-state index contributed by atoms with van der Waals surface area (Å²) in [5.74, 6) is 1.91.